The fraction of sp³-hybridized carbons (Fsp3) is 0.278. The number of amides is 1. The van der Waals surface area contributed by atoms with Crippen molar-refractivity contribution in [3.8, 4) is 11.1 Å². The van der Waals surface area contributed by atoms with Crippen LogP contribution in [0.3, 0.4) is 0 Å². The standard InChI is InChI=1S/C18H19FN2O4S/c1-12(11-25-2)20-18(22)10-21-16-8-7-13(19)9-15(16)14-5-3-4-6-17(14)26(21,23)24/h3-9,12H,10-11H2,1-2H3,(H,20,22). The number of fused-ring (bicyclic) bond motifs is 3. The first-order chi connectivity index (χ1) is 12.3. The van der Waals surface area contributed by atoms with Crippen molar-refractivity contribution in [1.82, 2.24) is 5.32 Å². The smallest absolute Gasteiger partial charge is 0.265 e. The molecule has 1 atom stereocenters. The van der Waals surface area contributed by atoms with E-state index in [-0.39, 0.29) is 16.6 Å². The van der Waals surface area contributed by atoms with E-state index in [0.717, 1.165) is 4.31 Å². The quantitative estimate of drug-likeness (QED) is 0.865. The predicted octanol–water partition coefficient (Wildman–Crippen LogP) is 2.15. The van der Waals surface area contributed by atoms with Crippen LogP contribution >= 0.6 is 0 Å². The van der Waals surface area contributed by atoms with Crippen molar-refractivity contribution in [2.24, 2.45) is 0 Å². The molecule has 0 radical (unpaired) electrons. The molecule has 0 aliphatic carbocycles. The molecule has 1 amide bonds. The number of carbonyl (C=O) groups excluding carboxylic acids is 1. The van der Waals surface area contributed by atoms with Crippen LogP contribution in [0, 0.1) is 5.82 Å². The Hall–Kier alpha value is -2.45. The van der Waals surface area contributed by atoms with Gasteiger partial charge in [-0.1, -0.05) is 18.2 Å². The van der Waals surface area contributed by atoms with Gasteiger partial charge < -0.3 is 10.1 Å². The van der Waals surface area contributed by atoms with Gasteiger partial charge in [-0.15, -0.1) is 0 Å². The summed E-state index contributed by atoms with van der Waals surface area (Å²) in [5, 5.41) is 2.69. The van der Waals surface area contributed by atoms with Crippen molar-refractivity contribution in [2.45, 2.75) is 17.9 Å². The highest BCUT2D eigenvalue weighted by Gasteiger charge is 2.36. The summed E-state index contributed by atoms with van der Waals surface area (Å²) in [5.74, 6) is -0.941. The van der Waals surface area contributed by atoms with Crippen LogP contribution in [0.25, 0.3) is 11.1 Å². The summed E-state index contributed by atoms with van der Waals surface area (Å²) in [5.41, 5.74) is 1.14. The minimum absolute atomic E-state index is 0.0517. The Morgan fingerprint density at radius 1 is 1.23 bits per heavy atom. The van der Waals surface area contributed by atoms with Crippen molar-refractivity contribution >= 4 is 21.6 Å². The number of halogens is 1. The zero-order chi connectivity index (χ0) is 18.9. The Bertz CT molecular complexity index is 946. The van der Waals surface area contributed by atoms with E-state index >= 15 is 0 Å². The maximum Gasteiger partial charge on any atom is 0.265 e. The molecule has 0 fully saturated rings. The molecule has 0 aromatic heterocycles. The molecule has 1 aliphatic heterocycles. The summed E-state index contributed by atoms with van der Waals surface area (Å²) in [6, 6.07) is 9.95. The minimum atomic E-state index is -3.93. The van der Waals surface area contributed by atoms with Crippen LogP contribution in [0.15, 0.2) is 47.4 Å². The SMILES string of the molecule is COCC(C)NC(=O)CN1c2ccc(F)cc2-c2ccccc2S1(=O)=O. The predicted molar refractivity (Wildman–Crippen MR) is 95.8 cm³/mol. The van der Waals surface area contributed by atoms with Gasteiger partial charge in [0.1, 0.15) is 12.4 Å². The van der Waals surface area contributed by atoms with Gasteiger partial charge in [-0.3, -0.25) is 9.10 Å². The first-order valence-corrected chi connectivity index (χ1v) is 9.48. The van der Waals surface area contributed by atoms with E-state index in [0.29, 0.717) is 17.7 Å². The largest absolute Gasteiger partial charge is 0.383 e. The highest BCUT2D eigenvalue weighted by molar-refractivity contribution is 7.93. The van der Waals surface area contributed by atoms with Crippen molar-refractivity contribution < 1.29 is 22.3 Å². The van der Waals surface area contributed by atoms with Crippen LogP contribution in [0.1, 0.15) is 6.92 Å². The minimum Gasteiger partial charge on any atom is -0.383 e. The van der Waals surface area contributed by atoms with Crippen LogP contribution in [0.5, 0.6) is 0 Å². The van der Waals surface area contributed by atoms with E-state index < -0.39 is 28.3 Å². The van der Waals surface area contributed by atoms with Gasteiger partial charge in [0.15, 0.2) is 0 Å². The van der Waals surface area contributed by atoms with Crippen LogP contribution in [-0.2, 0) is 19.6 Å². The molecular formula is C18H19FN2O4S. The first-order valence-electron chi connectivity index (χ1n) is 8.04. The monoisotopic (exact) mass is 378 g/mol. The average Bonchev–Trinajstić information content (AvgIpc) is 2.59. The lowest BCUT2D eigenvalue weighted by molar-refractivity contribution is -0.120. The van der Waals surface area contributed by atoms with Crippen LogP contribution in [0.4, 0.5) is 10.1 Å². The van der Waals surface area contributed by atoms with Crippen molar-refractivity contribution in [3.63, 3.8) is 0 Å². The van der Waals surface area contributed by atoms with Gasteiger partial charge >= 0.3 is 0 Å². The molecule has 8 heteroatoms. The van der Waals surface area contributed by atoms with E-state index in [1.807, 2.05) is 0 Å². The molecule has 6 nitrogen and oxygen atoms in total. The zero-order valence-electron chi connectivity index (χ0n) is 14.4. The molecule has 3 rings (SSSR count). The number of methoxy groups -OCH3 is 1. The molecule has 0 spiro atoms. The normalized spacial score (nSPS) is 15.7. The number of nitrogens with one attached hydrogen (secondary N) is 1. The second-order valence-corrected chi connectivity index (χ2v) is 7.92. The summed E-state index contributed by atoms with van der Waals surface area (Å²) in [6.07, 6.45) is 0. The molecule has 1 heterocycles. The highest BCUT2D eigenvalue weighted by Crippen LogP contribution is 2.42. The van der Waals surface area contributed by atoms with Gasteiger partial charge in [-0.25, -0.2) is 12.8 Å². The number of rotatable bonds is 5. The molecule has 138 valence electrons. The van der Waals surface area contributed by atoms with Crippen molar-refractivity contribution in [1.29, 1.82) is 0 Å². The number of carbonyl (C=O) groups is 1. The van der Waals surface area contributed by atoms with Crippen LogP contribution < -0.4 is 9.62 Å². The number of sulfonamides is 1. The molecule has 0 saturated heterocycles. The van der Waals surface area contributed by atoms with Crippen LogP contribution in [-0.4, -0.2) is 40.6 Å². The summed E-state index contributed by atoms with van der Waals surface area (Å²) < 4.78 is 45.8. The Kier molecular flexibility index (Phi) is 4.97. The third-order valence-electron chi connectivity index (χ3n) is 4.08. The average molecular weight is 378 g/mol. The second-order valence-electron chi connectivity index (χ2n) is 6.09. The number of hydrogen-bond acceptors (Lipinski definition) is 4. The highest BCUT2D eigenvalue weighted by atomic mass is 32.2. The molecule has 2 aromatic rings. The lowest BCUT2D eigenvalue weighted by Gasteiger charge is -2.31. The maximum atomic E-state index is 13.8. The molecular weight excluding hydrogens is 359 g/mol. The summed E-state index contributed by atoms with van der Waals surface area (Å²) in [7, 11) is -2.42. The molecule has 0 bridgehead atoms. The fourth-order valence-corrected chi connectivity index (χ4v) is 4.67. The first kappa shape index (κ1) is 18.3. The number of benzene rings is 2. The van der Waals surface area contributed by atoms with Crippen LogP contribution in [0.2, 0.25) is 0 Å². The zero-order valence-corrected chi connectivity index (χ0v) is 15.2. The van der Waals surface area contributed by atoms with E-state index in [1.165, 1.54) is 31.4 Å². The van der Waals surface area contributed by atoms with Gasteiger partial charge in [0.05, 0.1) is 17.2 Å². The lowest BCUT2D eigenvalue weighted by atomic mass is 10.0. The number of nitrogens with zero attached hydrogens (tertiary/aromatic N) is 1. The molecule has 1 N–H and O–H groups in total. The fourth-order valence-electron chi connectivity index (χ4n) is 3.02. The van der Waals surface area contributed by atoms with E-state index in [1.54, 1.807) is 25.1 Å². The van der Waals surface area contributed by atoms with Gasteiger partial charge in [0, 0.05) is 24.3 Å². The van der Waals surface area contributed by atoms with Gasteiger partial charge in [-0.2, -0.15) is 0 Å². The van der Waals surface area contributed by atoms with Crippen molar-refractivity contribution in [3.05, 3.63) is 48.3 Å². The summed E-state index contributed by atoms with van der Waals surface area (Å²) in [4.78, 5) is 12.4. The summed E-state index contributed by atoms with van der Waals surface area (Å²) >= 11 is 0. The van der Waals surface area contributed by atoms with Crippen molar-refractivity contribution in [2.75, 3.05) is 24.6 Å². The topological polar surface area (TPSA) is 75.7 Å². The molecule has 1 aliphatic rings. The molecule has 1 unspecified atom stereocenters. The van der Waals surface area contributed by atoms with E-state index in [9.17, 15) is 17.6 Å². The Morgan fingerprint density at radius 3 is 2.69 bits per heavy atom. The molecule has 2 aromatic carbocycles. The maximum absolute atomic E-state index is 13.8. The van der Waals surface area contributed by atoms with Gasteiger partial charge in [-0.05, 0) is 31.2 Å². The third-order valence-corrected chi connectivity index (χ3v) is 5.90. The molecule has 26 heavy (non-hydrogen) atoms. The molecule has 0 saturated carbocycles. The Balaban J connectivity index is 2.02. The lowest BCUT2D eigenvalue weighted by Crippen LogP contribution is -2.45. The number of hydrogen-bond donors (Lipinski definition) is 1. The van der Waals surface area contributed by atoms with E-state index in [2.05, 4.69) is 5.32 Å². The van der Waals surface area contributed by atoms with Gasteiger partial charge in [0.2, 0.25) is 5.91 Å². The number of ether oxygens (including phenoxy) is 1. The van der Waals surface area contributed by atoms with E-state index in [4.69, 9.17) is 4.74 Å². The Labute approximate surface area is 151 Å². The second kappa shape index (κ2) is 7.05. The third kappa shape index (κ3) is 3.30. The summed E-state index contributed by atoms with van der Waals surface area (Å²) in [6.45, 7) is 1.66. The number of anilines is 1. The van der Waals surface area contributed by atoms with Gasteiger partial charge in [0.25, 0.3) is 10.0 Å². The Morgan fingerprint density at radius 2 is 1.96 bits per heavy atom.